The molecule has 40 heavy (non-hydrogen) atoms. The Morgan fingerprint density at radius 1 is 1.10 bits per heavy atom. The summed E-state index contributed by atoms with van der Waals surface area (Å²) in [5, 5.41) is 14.7. The molecule has 3 aromatic heterocycles. The molecule has 3 atom stereocenters. The zero-order chi connectivity index (χ0) is 27.5. The van der Waals surface area contributed by atoms with Gasteiger partial charge in [0.25, 0.3) is 6.01 Å². The van der Waals surface area contributed by atoms with E-state index in [1.807, 2.05) is 35.7 Å². The number of carbonyl (C=O) groups excluding carboxylic acids is 1. The number of benzene rings is 1. The van der Waals surface area contributed by atoms with E-state index >= 15 is 0 Å². The second-order valence-electron chi connectivity index (χ2n) is 10.7. The predicted octanol–water partition coefficient (Wildman–Crippen LogP) is 4.85. The van der Waals surface area contributed by atoms with E-state index in [0.29, 0.717) is 29.5 Å². The number of nitrogens with zero attached hydrogens (tertiary/aromatic N) is 5. The third kappa shape index (κ3) is 5.89. The van der Waals surface area contributed by atoms with E-state index in [-0.39, 0.29) is 6.04 Å². The maximum absolute atomic E-state index is 11.6. The monoisotopic (exact) mass is 544 g/mol. The third-order valence-electron chi connectivity index (χ3n) is 7.82. The Morgan fingerprint density at radius 3 is 2.85 bits per heavy atom. The van der Waals surface area contributed by atoms with Crippen LogP contribution in [0.15, 0.2) is 53.2 Å². The molecule has 11 heteroatoms. The molecule has 2 fully saturated rings. The first-order valence-electron chi connectivity index (χ1n) is 14.1. The lowest BCUT2D eigenvalue weighted by atomic mass is 9.89. The van der Waals surface area contributed by atoms with E-state index < -0.39 is 6.09 Å². The van der Waals surface area contributed by atoms with Crippen LogP contribution in [0.5, 0.6) is 0 Å². The largest absolute Gasteiger partial charge is 0.453 e. The van der Waals surface area contributed by atoms with Crippen molar-refractivity contribution in [1.82, 2.24) is 24.9 Å². The topological polar surface area (TPSA) is 122 Å². The lowest BCUT2D eigenvalue weighted by molar-refractivity contribution is 0.187. The van der Waals surface area contributed by atoms with E-state index in [2.05, 4.69) is 52.9 Å². The summed E-state index contributed by atoms with van der Waals surface area (Å²) in [6.07, 6.45) is 10.2. The number of amides is 1. The molecular weight excluding hydrogens is 508 g/mol. The first-order chi connectivity index (χ1) is 19.5. The summed E-state index contributed by atoms with van der Waals surface area (Å²) >= 11 is 0. The molecule has 11 nitrogen and oxygen atoms in total. The summed E-state index contributed by atoms with van der Waals surface area (Å²) in [5.41, 5.74) is 3.52. The van der Waals surface area contributed by atoms with Gasteiger partial charge in [0.15, 0.2) is 11.4 Å². The van der Waals surface area contributed by atoms with Crippen molar-refractivity contribution in [3.63, 3.8) is 0 Å². The van der Waals surface area contributed by atoms with E-state index in [0.717, 1.165) is 55.8 Å². The van der Waals surface area contributed by atoms with Gasteiger partial charge >= 0.3 is 6.09 Å². The summed E-state index contributed by atoms with van der Waals surface area (Å²) < 4.78 is 12.7. The van der Waals surface area contributed by atoms with Crippen LogP contribution in [0.4, 0.5) is 22.2 Å². The molecule has 1 aliphatic carbocycles. The van der Waals surface area contributed by atoms with E-state index in [1.54, 1.807) is 12.3 Å². The Labute approximate surface area is 233 Å². The van der Waals surface area contributed by atoms with Crippen LogP contribution in [-0.2, 0) is 4.74 Å². The first kappa shape index (κ1) is 26.1. The van der Waals surface area contributed by atoms with Crippen LogP contribution in [0.2, 0.25) is 0 Å². The standard InChI is InChI=1S/C29H36N8O3/c1-19-31-27-13-12-23(18-37(27)35-19)36-14-6-9-22(17-36)32-24-10-3-4-11-25(24)34-28-30-16-26(40-28)20-7-5-8-21(15-20)33-29(38)39-2/h5,7-8,12-13,15-16,18,22,24-25,32H,3-4,6,9-11,14,17H2,1-2H3,(H,30,34)(H,33,38)/t22-,24+,25+/m0/s1. The second kappa shape index (κ2) is 11.5. The fourth-order valence-electron chi connectivity index (χ4n) is 5.88. The normalized spacial score (nSPS) is 21.4. The number of hydrogen-bond acceptors (Lipinski definition) is 9. The van der Waals surface area contributed by atoms with Gasteiger partial charge < -0.3 is 24.7 Å². The molecule has 1 saturated carbocycles. The van der Waals surface area contributed by atoms with Gasteiger partial charge in [0.1, 0.15) is 5.82 Å². The molecule has 0 radical (unpaired) electrons. The van der Waals surface area contributed by atoms with Crippen LogP contribution in [0.3, 0.4) is 0 Å². The van der Waals surface area contributed by atoms with Gasteiger partial charge in [0.05, 0.1) is 25.2 Å². The fraction of sp³-hybridized carbons (Fsp3) is 0.448. The van der Waals surface area contributed by atoms with E-state index in [1.165, 1.54) is 25.6 Å². The van der Waals surface area contributed by atoms with Crippen LogP contribution < -0.4 is 20.9 Å². The number of aryl methyl sites for hydroxylation is 1. The number of hydrogen-bond donors (Lipinski definition) is 3. The molecule has 0 unspecified atom stereocenters. The number of aromatic nitrogens is 4. The van der Waals surface area contributed by atoms with Crippen LogP contribution in [0, 0.1) is 6.92 Å². The van der Waals surface area contributed by atoms with E-state index in [4.69, 9.17) is 4.42 Å². The summed E-state index contributed by atoms with van der Waals surface area (Å²) in [5.74, 6) is 1.42. The predicted molar refractivity (Wildman–Crippen MR) is 154 cm³/mol. The lowest BCUT2D eigenvalue weighted by Crippen LogP contribution is -2.54. The third-order valence-corrected chi connectivity index (χ3v) is 7.82. The van der Waals surface area contributed by atoms with Crippen LogP contribution in [0.25, 0.3) is 17.0 Å². The highest BCUT2D eigenvalue weighted by atomic mass is 16.5. The maximum Gasteiger partial charge on any atom is 0.411 e. The van der Waals surface area contributed by atoms with Gasteiger partial charge in [-0.3, -0.25) is 5.32 Å². The summed E-state index contributed by atoms with van der Waals surface area (Å²) in [4.78, 5) is 23.0. The minimum Gasteiger partial charge on any atom is -0.453 e. The summed E-state index contributed by atoms with van der Waals surface area (Å²) in [7, 11) is 1.34. The number of oxazole rings is 1. The average molecular weight is 545 g/mol. The highest BCUT2D eigenvalue weighted by Crippen LogP contribution is 2.29. The summed E-state index contributed by atoms with van der Waals surface area (Å²) in [6, 6.07) is 13.1. The van der Waals surface area contributed by atoms with Crippen molar-refractivity contribution in [2.45, 2.75) is 63.6 Å². The first-order valence-corrected chi connectivity index (χ1v) is 14.1. The molecule has 6 rings (SSSR count). The molecule has 4 heterocycles. The van der Waals surface area contributed by atoms with Gasteiger partial charge in [-0.15, -0.1) is 0 Å². The number of ether oxygens (including phenoxy) is 1. The van der Waals surface area contributed by atoms with Gasteiger partial charge in [0.2, 0.25) is 0 Å². The number of fused-ring (bicyclic) bond motifs is 1. The van der Waals surface area contributed by atoms with Gasteiger partial charge in [-0.2, -0.15) is 5.10 Å². The quantitative estimate of drug-likeness (QED) is 0.300. The van der Waals surface area contributed by atoms with E-state index in [9.17, 15) is 4.79 Å². The molecule has 3 N–H and O–H groups in total. The highest BCUT2D eigenvalue weighted by Gasteiger charge is 2.30. The molecule has 1 aromatic carbocycles. The molecule has 0 bridgehead atoms. The lowest BCUT2D eigenvalue weighted by Gasteiger charge is -2.40. The molecule has 1 saturated heterocycles. The molecule has 210 valence electrons. The smallest absolute Gasteiger partial charge is 0.411 e. The number of anilines is 3. The van der Waals surface area contributed by atoms with Crippen molar-refractivity contribution in [2.24, 2.45) is 0 Å². The van der Waals surface area contributed by atoms with Crippen molar-refractivity contribution in [3.05, 3.63) is 54.6 Å². The van der Waals surface area contributed by atoms with Gasteiger partial charge in [-0.05, 0) is 56.9 Å². The number of carbonyl (C=O) groups is 1. The van der Waals surface area contributed by atoms with Crippen LogP contribution in [-0.4, -0.2) is 64.0 Å². The van der Waals surface area contributed by atoms with Crippen molar-refractivity contribution >= 4 is 29.1 Å². The minimum atomic E-state index is -0.514. The number of pyridine rings is 1. The molecule has 2 aliphatic rings. The SMILES string of the molecule is COC(=O)Nc1cccc(-c2cnc(N[C@@H]3CCCC[C@H]3N[C@H]3CCCN(c4ccc5nc(C)nn5c4)C3)o2)c1. The fourth-order valence-corrected chi connectivity index (χ4v) is 5.88. The minimum absolute atomic E-state index is 0.234. The average Bonchev–Trinajstić information content (AvgIpc) is 3.59. The van der Waals surface area contributed by atoms with Crippen LogP contribution in [0.1, 0.15) is 44.3 Å². The summed E-state index contributed by atoms with van der Waals surface area (Å²) in [6.45, 7) is 3.92. The number of nitrogens with one attached hydrogen (secondary N) is 3. The van der Waals surface area contributed by atoms with Gasteiger partial charge in [0, 0.05) is 42.5 Å². The Kier molecular flexibility index (Phi) is 7.54. The molecular formula is C29H36N8O3. The Hall–Kier alpha value is -4.12. The van der Waals surface area contributed by atoms with Crippen molar-refractivity contribution in [1.29, 1.82) is 0 Å². The van der Waals surface area contributed by atoms with Crippen molar-refractivity contribution < 1.29 is 13.9 Å². The van der Waals surface area contributed by atoms with Gasteiger partial charge in [-0.1, -0.05) is 25.0 Å². The molecule has 1 amide bonds. The Balaban J connectivity index is 1.10. The molecule has 0 spiro atoms. The molecule has 1 aliphatic heterocycles. The number of rotatable bonds is 7. The Morgan fingerprint density at radius 2 is 1.98 bits per heavy atom. The Bertz CT molecular complexity index is 1470. The highest BCUT2D eigenvalue weighted by molar-refractivity contribution is 5.85. The second-order valence-corrected chi connectivity index (χ2v) is 10.7. The van der Waals surface area contributed by atoms with Crippen molar-refractivity contribution in [2.75, 3.05) is 35.7 Å². The molecule has 4 aromatic rings. The zero-order valence-corrected chi connectivity index (χ0v) is 23.0. The van der Waals surface area contributed by atoms with Crippen molar-refractivity contribution in [3.8, 4) is 11.3 Å². The van der Waals surface area contributed by atoms with Crippen LogP contribution >= 0.6 is 0 Å². The number of piperidine rings is 1. The van der Waals surface area contributed by atoms with Gasteiger partial charge in [-0.25, -0.2) is 19.3 Å². The zero-order valence-electron chi connectivity index (χ0n) is 23.0. The maximum atomic E-state index is 11.6. The number of methoxy groups -OCH3 is 1.